The van der Waals surface area contributed by atoms with Crippen LogP contribution in [0.5, 0.6) is 11.5 Å². The van der Waals surface area contributed by atoms with Gasteiger partial charge in [-0.3, -0.25) is 0 Å². The van der Waals surface area contributed by atoms with Crippen molar-refractivity contribution in [3.63, 3.8) is 0 Å². The van der Waals surface area contributed by atoms with Crippen LogP contribution >= 0.6 is 0 Å². The average Bonchev–Trinajstić information content (AvgIpc) is 2.66. The van der Waals surface area contributed by atoms with Crippen molar-refractivity contribution in [1.29, 1.82) is 0 Å². The number of nitrogens with two attached hydrogens (primary N) is 1. The van der Waals surface area contributed by atoms with Crippen molar-refractivity contribution in [2.75, 3.05) is 35.6 Å². The van der Waals surface area contributed by atoms with Gasteiger partial charge in [0, 0.05) is 42.5 Å². The summed E-state index contributed by atoms with van der Waals surface area (Å²) in [6.45, 7) is 9.25. The molecule has 26 heavy (non-hydrogen) atoms. The van der Waals surface area contributed by atoms with E-state index < -0.39 is 0 Å². The highest BCUT2D eigenvalue weighted by Gasteiger charge is 2.09. The van der Waals surface area contributed by atoms with Gasteiger partial charge in [0.05, 0.1) is 5.69 Å². The van der Waals surface area contributed by atoms with Gasteiger partial charge in [-0.15, -0.1) is 0 Å². The molecule has 0 spiro atoms. The predicted octanol–water partition coefficient (Wildman–Crippen LogP) is 5.49. The van der Waals surface area contributed by atoms with Crippen LogP contribution in [0.1, 0.15) is 20.8 Å². The molecule has 3 rings (SSSR count). The van der Waals surface area contributed by atoms with Gasteiger partial charge in [0.2, 0.25) is 0 Å². The number of rotatable bonds is 7. The fourth-order valence-corrected chi connectivity index (χ4v) is 3.17. The number of fused-ring (bicyclic) bond motifs is 1. The van der Waals surface area contributed by atoms with Gasteiger partial charge in [0.25, 0.3) is 0 Å². The molecule has 3 N–H and O–H groups in total. The van der Waals surface area contributed by atoms with Gasteiger partial charge in [-0.25, -0.2) is 0 Å². The molecule has 3 aromatic rings. The summed E-state index contributed by atoms with van der Waals surface area (Å²) in [5, 5.41) is 5.53. The number of nitrogen functional groups attached to an aromatic ring is 1. The van der Waals surface area contributed by atoms with E-state index in [1.807, 2.05) is 30.3 Å². The molecule has 4 nitrogen and oxygen atoms in total. The normalized spacial score (nSPS) is 10.7. The number of ether oxygens (including phenoxy) is 1. The summed E-state index contributed by atoms with van der Waals surface area (Å²) in [7, 11) is 0. The third-order valence-corrected chi connectivity index (χ3v) is 4.57. The second-order valence-corrected chi connectivity index (χ2v) is 6.22. The van der Waals surface area contributed by atoms with Crippen molar-refractivity contribution in [3.8, 4) is 11.5 Å². The smallest absolute Gasteiger partial charge is 0.152 e. The molecule has 0 radical (unpaired) electrons. The maximum Gasteiger partial charge on any atom is 0.152 e. The highest BCUT2D eigenvalue weighted by molar-refractivity contribution is 5.91. The van der Waals surface area contributed by atoms with Gasteiger partial charge in [0.1, 0.15) is 5.75 Å². The molecule has 0 aliphatic rings. The first-order valence-corrected chi connectivity index (χ1v) is 9.25. The Balaban J connectivity index is 1.97. The fourth-order valence-electron chi connectivity index (χ4n) is 3.17. The maximum absolute atomic E-state index is 6.18. The zero-order chi connectivity index (χ0) is 18.5. The summed E-state index contributed by atoms with van der Waals surface area (Å²) in [6.07, 6.45) is 0. The lowest BCUT2D eigenvalue weighted by molar-refractivity contribution is 0.491. The Hall–Kier alpha value is -2.88. The minimum atomic E-state index is 0.628. The summed E-state index contributed by atoms with van der Waals surface area (Å²) in [6, 6.07) is 18.4. The molecule has 136 valence electrons. The molecule has 3 aromatic carbocycles. The number of hydrogen-bond donors (Lipinski definition) is 2. The zero-order valence-corrected chi connectivity index (χ0v) is 15.8. The lowest BCUT2D eigenvalue weighted by Crippen LogP contribution is -2.21. The third-order valence-electron chi connectivity index (χ3n) is 4.57. The van der Waals surface area contributed by atoms with Gasteiger partial charge in [-0.1, -0.05) is 12.1 Å². The van der Waals surface area contributed by atoms with Crippen molar-refractivity contribution in [3.05, 3.63) is 54.6 Å². The van der Waals surface area contributed by atoms with Gasteiger partial charge >= 0.3 is 0 Å². The molecule has 0 unspecified atom stereocenters. The Labute approximate surface area is 155 Å². The van der Waals surface area contributed by atoms with E-state index in [1.165, 1.54) is 5.69 Å². The molecule has 0 amide bonds. The van der Waals surface area contributed by atoms with Crippen molar-refractivity contribution < 1.29 is 4.74 Å². The molecule has 0 aliphatic heterocycles. The van der Waals surface area contributed by atoms with Crippen LogP contribution in [0, 0.1) is 0 Å². The fraction of sp³-hybridized carbons (Fsp3) is 0.273. The largest absolute Gasteiger partial charge is 0.454 e. The highest BCUT2D eigenvalue weighted by atomic mass is 16.5. The SMILES string of the molecule is CCNc1ccc(N)c(Oc2cccc3cc(N(CC)CC)ccc23)c1. The Morgan fingerprint density at radius 2 is 1.73 bits per heavy atom. The molecular weight excluding hydrogens is 322 g/mol. The minimum absolute atomic E-state index is 0.628. The molecule has 0 aromatic heterocycles. The number of nitrogens with zero attached hydrogens (tertiary/aromatic N) is 1. The molecule has 0 bridgehead atoms. The summed E-state index contributed by atoms with van der Waals surface area (Å²) >= 11 is 0. The first-order valence-electron chi connectivity index (χ1n) is 9.25. The van der Waals surface area contributed by atoms with Crippen LogP contribution in [0.2, 0.25) is 0 Å². The minimum Gasteiger partial charge on any atom is -0.454 e. The molecule has 0 heterocycles. The van der Waals surface area contributed by atoms with Crippen LogP contribution in [-0.2, 0) is 0 Å². The van der Waals surface area contributed by atoms with E-state index in [1.54, 1.807) is 0 Å². The molecular formula is C22H27N3O. The second kappa shape index (κ2) is 8.00. The van der Waals surface area contributed by atoms with E-state index in [-0.39, 0.29) is 0 Å². The summed E-state index contributed by atoms with van der Waals surface area (Å²) in [5.74, 6) is 1.48. The number of nitrogens with one attached hydrogen (secondary N) is 1. The van der Waals surface area contributed by atoms with E-state index in [9.17, 15) is 0 Å². The van der Waals surface area contributed by atoms with E-state index in [4.69, 9.17) is 10.5 Å². The molecule has 0 saturated carbocycles. The van der Waals surface area contributed by atoms with Crippen molar-refractivity contribution in [1.82, 2.24) is 0 Å². The summed E-state index contributed by atoms with van der Waals surface area (Å²) in [4.78, 5) is 2.34. The van der Waals surface area contributed by atoms with Gasteiger partial charge in [-0.05, 0) is 62.6 Å². The predicted molar refractivity (Wildman–Crippen MR) is 113 cm³/mol. The topological polar surface area (TPSA) is 50.5 Å². The standard InChI is InChI=1S/C22H27N3O/c1-4-24-17-10-13-20(23)22(15-17)26-21-9-7-8-16-14-18(11-12-19(16)21)25(5-2)6-3/h7-15,24H,4-6,23H2,1-3H3. The molecule has 0 fully saturated rings. The van der Waals surface area contributed by atoms with Crippen LogP contribution in [0.3, 0.4) is 0 Å². The van der Waals surface area contributed by atoms with E-state index in [0.717, 1.165) is 41.8 Å². The van der Waals surface area contributed by atoms with Gasteiger partial charge in [0.15, 0.2) is 5.75 Å². The molecule has 0 saturated heterocycles. The van der Waals surface area contributed by atoms with Crippen LogP contribution in [-0.4, -0.2) is 19.6 Å². The second-order valence-electron chi connectivity index (χ2n) is 6.22. The number of anilines is 3. The Morgan fingerprint density at radius 1 is 0.923 bits per heavy atom. The molecule has 4 heteroatoms. The number of hydrogen-bond acceptors (Lipinski definition) is 4. The average molecular weight is 349 g/mol. The first kappa shape index (κ1) is 17.9. The highest BCUT2D eigenvalue weighted by Crippen LogP contribution is 2.35. The monoisotopic (exact) mass is 349 g/mol. The number of benzene rings is 3. The van der Waals surface area contributed by atoms with Crippen molar-refractivity contribution in [2.24, 2.45) is 0 Å². The zero-order valence-electron chi connectivity index (χ0n) is 15.8. The summed E-state index contributed by atoms with van der Waals surface area (Å²) in [5.41, 5.74) is 8.98. The lowest BCUT2D eigenvalue weighted by atomic mass is 10.1. The first-order chi connectivity index (χ1) is 12.7. The van der Waals surface area contributed by atoms with E-state index in [2.05, 4.69) is 55.3 Å². The quantitative estimate of drug-likeness (QED) is 0.554. The van der Waals surface area contributed by atoms with Crippen LogP contribution in [0.15, 0.2) is 54.6 Å². The Morgan fingerprint density at radius 3 is 2.46 bits per heavy atom. The van der Waals surface area contributed by atoms with Crippen LogP contribution < -0.4 is 20.7 Å². The van der Waals surface area contributed by atoms with Gasteiger partial charge < -0.3 is 20.7 Å². The molecule has 0 atom stereocenters. The van der Waals surface area contributed by atoms with Crippen molar-refractivity contribution in [2.45, 2.75) is 20.8 Å². The third kappa shape index (κ3) is 3.69. The Kier molecular flexibility index (Phi) is 5.52. The maximum atomic E-state index is 6.18. The summed E-state index contributed by atoms with van der Waals surface area (Å²) < 4.78 is 6.18. The van der Waals surface area contributed by atoms with E-state index >= 15 is 0 Å². The Bertz CT molecular complexity index is 888. The van der Waals surface area contributed by atoms with Crippen molar-refractivity contribution >= 4 is 27.8 Å². The lowest BCUT2D eigenvalue weighted by Gasteiger charge is -2.21. The van der Waals surface area contributed by atoms with Crippen LogP contribution in [0.25, 0.3) is 10.8 Å². The van der Waals surface area contributed by atoms with E-state index in [0.29, 0.717) is 11.4 Å². The van der Waals surface area contributed by atoms with Gasteiger partial charge in [-0.2, -0.15) is 0 Å². The molecule has 0 aliphatic carbocycles. The van der Waals surface area contributed by atoms with Crippen LogP contribution in [0.4, 0.5) is 17.1 Å².